The number of carboxylic acid groups (broad SMARTS) is 1. The van der Waals surface area contributed by atoms with Crippen molar-refractivity contribution in [3.8, 4) is 0 Å². The number of amides is 1. The van der Waals surface area contributed by atoms with Gasteiger partial charge in [0, 0.05) is 12.6 Å². The van der Waals surface area contributed by atoms with Crippen LogP contribution < -0.4 is 0 Å². The molecular formula is C11H13N3O5. The van der Waals surface area contributed by atoms with Crippen molar-refractivity contribution in [3.05, 3.63) is 27.9 Å². The maximum atomic E-state index is 12.2. The lowest BCUT2D eigenvalue weighted by atomic mass is 10.0. The number of hydrogen-bond acceptors (Lipinski definition) is 4. The van der Waals surface area contributed by atoms with Crippen molar-refractivity contribution < 1.29 is 19.6 Å². The molecule has 8 heteroatoms. The second-order valence-electron chi connectivity index (χ2n) is 4.36. The van der Waals surface area contributed by atoms with E-state index in [1.54, 1.807) is 0 Å². The van der Waals surface area contributed by atoms with Gasteiger partial charge in [0.15, 0.2) is 5.69 Å². The normalized spacial score (nSPS) is 19.2. The van der Waals surface area contributed by atoms with Crippen LogP contribution in [0, 0.1) is 10.1 Å². The van der Waals surface area contributed by atoms with Crippen LogP contribution in [-0.2, 0) is 4.79 Å². The maximum Gasteiger partial charge on any atom is 0.326 e. The number of piperidine rings is 1. The highest BCUT2D eigenvalue weighted by Crippen LogP contribution is 2.20. The molecule has 2 N–H and O–H groups in total. The molecule has 1 aliphatic rings. The van der Waals surface area contributed by atoms with E-state index in [9.17, 15) is 19.7 Å². The van der Waals surface area contributed by atoms with Gasteiger partial charge < -0.3 is 20.1 Å². The fraction of sp³-hybridized carbons (Fsp3) is 0.455. The highest BCUT2D eigenvalue weighted by atomic mass is 16.6. The van der Waals surface area contributed by atoms with Gasteiger partial charge in [0.1, 0.15) is 6.04 Å². The number of likely N-dealkylation sites (tertiary alicyclic amines) is 1. The molecule has 102 valence electrons. The smallest absolute Gasteiger partial charge is 0.326 e. The minimum atomic E-state index is -1.05. The number of nitro groups is 1. The number of H-pyrrole nitrogens is 1. The monoisotopic (exact) mass is 267 g/mol. The maximum absolute atomic E-state index is 12.2. The van der Waals surface area contributed by atoms with Crippen molar-refractivity contribution in [2.45, 2.75) is 25.3 Å². The van der Waals surface area contributed by atoms with E-state index < -0.39 is 22.8 Å². The Morgan fingerprint density at radius 1 is 1.42 bits per heavy atom. The van der Waals surface area contributed by atoms with E-state index in [1.165, 1.54) is 17.0 Å². The van der Waals surface area contributed by atoms with Gasteiger partial charge in [0.2, 0.25) is 0 Å². The predicted octanol–water partition coefficient (Wildman–Crippen LogP) is 1.00. The Morgan fingerprint density at radius 3 is 2.74 bits per heavy atom. The molecule has 0 radical (unpaired) electrons. The first-order valence-electron chi connectivity index (χ1n) is 5.88. The topological polar surface area (TPSA) is 117 Å². The molecule has 0 unspecified atom stereocenters. The molecule has 2 rings (SSSR count). The molecule has 1 fully saturated rings. The Kier molecular flexibility index (Phi) is 3.50. The van der Waals surface area contributed by atoms with Gasteiger partial charge in [-0.15, -0.1) is 0 Å². The van der Waals surface area contributed by atoms with Gasteiger partial charge >= 0.3 is 11.8 Å². The second-order valence-corrected chi connectivity index (χ2v) is 4.36. The number of hydrogen-bond donors (Lipinski definition) is 2. The summed E-state index contributed by atoms with van der Waals surface area (Å²) >= 11 is 0. The van der Waals surface area contributed by atoms with Crippen molar-refractivity contribution in [1.29, 1.82) is 0 Å². The Morgan fingerprint density at radius 2 is 2.16 bits per heavy atom. The standard InChI is InChI=1S/C11H13N3O5/c15-10(7-4-5-9(12-7)14(18)19)13-6-2-1-3-8(13)11(16)17/h4-5,8,12H,1-3,6H2,(H,16,17)/t8-/m1/s1. The SMILES string of the molecule is O=C(O)[C@H]1CCCCN1C(=O)c1ccc([N+](=O)[O-])[nH]1. The summed E-state index contributed by atoms with van der Waals surface area (Å²) < 4.78 is 0. The van der Waals surface area contributed by atoms with Gasteiger partial charge in [-0.25, -0.2) is 9.78 Å². The van der Waals surface area contributed by atoms with Crippen LogP contribution in [0.3, 0.4) is 0 Å². The Balaban J connectivity index is 2.21. The van der Waals surface area contributed by atoms with E-state index in [0.717, 1.165) is 12.8 Å². The molecule has 1 aromatic heterocycles. The van der Waals surface area contributed by atoms with Crippen LogP contribution in [-0.4, -0.2) is 44.4 Å². The van der Waals surface area contributed by atoms with Crippen molar-refractivity contribution in [3.63, 3.8) is 0 Å². The third-order valence-electron chi connectivity index (χ3n) is 3.15. The van der Waals surface area contributed by atoms with E-state index in [-0.39, 0.29) is 11.5 Å². The highest BCUT2D eigenvalue weighted by Gasteiger charge is 2.34. The van der Waals surface area contributed by atoms with Gasteiger partial charge in [0.05, 0.1) is 0 Å². The number of nitrogens with one attached hydrogen (secondary N) is 1. The molecule has 8 nitrogen and oxygen atoms in total. The molecule has 1 aromatic rings. The van der Waals surface area contributed by atoms with Gasteiger partial charge in [-0.1, -0.05) is 0 Å². The molecule has 0 spiro atoms. The van der Waals surface area contributed by atoms with Crippen molar-refractivity contribution in [2.75, 3.05) is 6.54 Å². The van der Waals surface area contributed by atoms with Gasteiger partial charge in [-0.3, -0.25) is 4.79 Å². The lowest BCUT2D eigenvalue weighted by Crippen LogP contribution is -2.48. The van der Waals surface area contributed by atoms with E-state index >= 15 is 0 Å². The van der Waals surface area contributed by atoms with Crippen LogP contribution >= 0.6 is 0 Å². The van der Waals surface area contributed by atoms with Crippen LogP contribution in [0.1, 0.15) is 29.8 Å². The van der Waals surface area contributed by atoms with Gasteiger partial charge in [-0.05, 0) is 30.3 Å². The molecule has 1 atom stereocenters. The fourth-order valence-electron chi connectivity index (χ4n) is 2.20. The number of carbonyl (C=O) groups is 2. The van der Waals surface area contributed by atoms with E-state index in [1.807, 2.05) is 0 Å². The first-order valence-corrected chi connectivity index (χ1v) is 5.88. The average Bonchev–Trinajstić information content (AvgIpc) is 2.87. The van der Waals surface area contributed by atoms with Gasteiger partial charge in [0.25, 0.3) is 5.91 Å². The molecule has 1 aliphatic heterocycles. The first-order chi connectivity index (χ1) is 9.00. The molecule has 0 saturated carbocycles. The average molecular weight is 267 g/mol. The summed E-state index contributed by atoms with van der Waals surface area (Å²) in [7, 11) is 0. The number of aromatic amines is 1. The lowest BCUT2D eigenvalue weighted by Gasteiger charge is -2.31. The summed E-state index contributed by atoms with van der Waals surface area (Å²) in [6.45, 7) is 0.350. The van der Waals surface area contributed by atoms with Crippen molar-refractivity contribution in [1.82, 2.24) is 9.88 Å². The summed E-state index contributed by atoms with van der Waals surface area (Å²) in [5.74, 6) is -1.85. The summed E-state index contributed by atoms with van der Waals surface area (Å²) in [5, 5.41) is 19.6. The highest BCUT2D eigenvalue weighted by molar-refractivity contribution is 5.95. The zero-order chi connectivity index (χ0) is 14.0. The summed E-state index contributed by atoms with van der Waals surface area (Å²) in [6.07, 6.45) is 1.90. The van der Waals surface area contributed by atoms with Crippen LogP contribution in [0.5, 0.6) is 0 Å². The van der Waals surface area contributed by atoms with Crippen molar-refractivity contribution in [2.24, 2.45) is 0 Å². The Labute approximate surface area is 108 Å². The molecule has 1 amide bonds. The molecular weight excluding hydrogens is 254 g/mol. The van der Waals surface area contributed by atoms with Crippen LogP contribution in [0.25, 0.3) is 0 Å². The molecule has 1 saturated heterocycles. The third-order valence-corrected chi connectivity index (χ3v) is 3.15. The predicted molar refractivity (Wildman–Crippen MR) is 63.8 cm³/mol. The lowest BCUT2D eigenvalue weighted by molar-refractivity contribution is -0.389. The quantitative estimate of drug-likeness (QED) is 0.626. The van der Waals surface area contributed by atoms with Crippen LogP contribution in [0.4, 0.5) is 5.82 Å². The van der Waals surface area contributed by atoms with Crippen molar-refractivity contribution >= 4 is 17.7 Å². The summed E-state index contributed by atoms with van der Waals surface area (Å²) in [6, 6.07) is 1.63. The zero-order valence-corrected chi connectivity index (χ0v) is 10.0. The number of carbonyl (C=O) groups excluding carboxylic acids is 1. The Bertz CT molecular complexity index is 524. The minimum Gasteiger partial charge on any atom is -0.480 e. The summed E-state index contributed by atoms with van der Waals surface area (Å²) in [4.78, 5) is 36.8. The van der Waals surface area contributed by atoms with Crippen LogP contribution in [0.15, 0.2) is 12.1 Å². The zero-order valence-electron chi connectivity index (χ0n) is 10.0. The van der Waals surface area contributed by atoms with E-state index in [0.29, 0.717) is 13.0 Å². The number of aliphatic carboxylic acids is 1. The largest absolute Gasteiger partial charge is 0.480 e. The fourth-order valence-corrected chi connectivity index (χ4v) is 2.20. The number of rotatable bonds is 3. The number of aromatic nitrogens is 1. The third kappa shape index (κ3) is 2.56. The van der Waals surface area contributed by atoms with Gasteiger partial charge in [-0.2, -0.15) is 0 Å². The minimum absolute atomic E-state index is 0.0415. The second kappa shape index (κ2) is 5.09. The number of nitrogens with zero attached hydrogens (tertiary/aromatic N) is 2. The number of carboxylic acids is 1. The molecule has 2 heterocycles. The molecule has 19 heavy (non-hydrogen) atoms. The Hall–Kier alpha value is -2.38. The molecule has 0 aromatic carbocycles. The summed E-state index contributed by atoms with van der Waals surface area (Å²) in [5.41, 5.74) is 0.0415. The van der Waals surface area contributed by atoms with E-state index in [4.69, 9.17) is 5.11 Å². The van der Waals surface area contributed by atoms with Crippen LogP contribution in [0.2, 0.25) is 0 Å². The molecule has 0 aliphatic carbocycles. The first kappa shape index (κ1) is 13.1. The van der Waals surface area contributed by atoms with E-state index in [2.05, 4.69) is 4.98 Å². The molecule has 0 bridgehead atoms.